The van der Waals surface area contributed by atoms with E-state index in [0.29, 0.717) is 24.3 Å². The zero-order valence-electron chi connectivity index (χ0n) is 18.7. The number of anilines is 1. The van der Waals surface area contributed by atoms with E-state index >= 15 is 0 Å². The molecule has 0 aromatic heterocycles. The van der Waals surface area contributed by atoms with E-state index < -0.39 is 22.5 Å². The lowest BCUT2D eigenvalue weighted by Gasteiger charge is -2.25. The summed E-state index contributed by atoms with van der Waals surface area (Å²) in [5.74, 6) is 0.618. The number of aryl methyl sites for hydroxylation is 1. The molecule has 0 aliphatic carbocycles. The van der Waals surface area contributed by atoms with Gasteiger partial charge in [0, 0.05) is 12.3 Å². The number of nitrogens with zero attached hydrogens (tertiary/aromatic N) is 1. The number of carbonyl (C=O) groups excluding carboxylic acids is 1. The molecule has 3 aromatic carbocycles. The molecular weight excluding hydrogens is 495 g/mol. The second-order valence-electron chi connectivity index (χ2n) is 7.62. The van der Waals surface area contributed by atoms with Crippen LogP contribution in [0.2, 0.25) is 5.02 Å². The Morgan fingerprint density at radius 1 is 1.03 bits per heavy atom. The van der Waals surface area contributed by atoms with Crippen molar-refractivity contribution in [3.05, 3.63) is 94.8 Å². The quantitative estimate of drug-likeness (QED) is 0.343. The molecule has 1 N–H and O–H groups in total. The molecule has 180 valence electrons. The fourth-order valence-corrected chi connectivity index (χ4v) is 5.85. The number of amides is 1. The summed E-state index contributed by atoms with van der Waals surface area (Å²) in [7, 11) is -4.01. The van der Waals surface area contributed by atoms with Gasteiger partial charge in [0.1, 0.15) is 12.4 Å². The van der Waals surface area contributed by atoms with Crippen LogP contribution in [-0.2, 0) is 20.6 Å². The van der Waals surface area contributed by atoms with E-state index in [1.165, 1.54) is 18.2 Å². The van der Waals surface area contributed by atoms with Crippen LogP contribution in [0.15, 0.2) is 77.7 Å². The Morgan fingerprint density at radius 3 is 2.41 bits per heavy atom. The lowest BCUT2D eigenvalue weighted by atomic mass is 10.2. The van der Waals surface area contributed by atoms with Crippen molar-refractivity contribution in [1.82, 2.24) is 5.32 Å². The van der Waals surface area contributed by atoms with Gasteiger partial charge in [-0.3, -0.25) is 9.10 Å². The first kappa shape index (κ1) is 26.1. The molecule has 0 aliphatic heterocycles. The van der Waals surface area contributed by atoms with Crippen LogP contribution in [-0.4, -0.2) is 33.2 Å². The topological polar surface area (TPSA) is 66.5 Å². The summed E-state index contributed by atoms with van der Waals surface area (Å²) in [6.07, 6.45) is 0.668. The number of sulfonamides is 1. The number of halogens is 2. The lowest BCUT2D eigenvalue weighted by molar-refractivity contribution is -0.119. The van der Waals surface area contributed by atoms with Gasteiger partial charge in [0.15, 0.2) is 0 Å². The average Bonchev–Trinajstić information content (AvgIpc) is 2.81. The molecule has 34 heavy (non-hydrogen) atoms. The Morgan fingerprint density at radius 2 is 1.71 bits per heavy atom. The first-order valence-corrected chi connectivity index (χ1v) is 13.7. The third-order valence-corrected chi connectivity index (χ3v) is 8.21. The number of rotatable bonds is 11. The molecule has 0 unspecified atom stereocenters. The molecule has 0 saturated carbocycles. The molecule has 0 atom stereocenters. The van der Waals surface area contributed by atoms with Crippen molar-refractivity contribution in [1.29, 1.82) is 0 Å². The van der Waals surface area contributed by atoms with Gasteiger partial charge in [-0.1, -0.05) is 59.6 Å². The standard InChI is InChI=1S/C25H26ClFN2O3S2/c1-19-11-13-21(14-12-19)34(31,32)29(24-10-5-3-8-22(24)26)17-25(30)28-15-6-16-33-18-20-7-2-4-9-23(20)27/h2-5,7-14H,6,15-18H2,1H3,(H,28,30). The van der Waals surface area contributed by atoms with E-state index in [4.69, 9.17) is 11.6 Å². The van der Waals surface area contributed by atoms with Crippen LogP contribution < -0.4 is 9.62 Å². The molecule has 9 heteroatoms. The number of para-hydroxylation sites is 1. The largest absolute Gasteiger partial charge is 0.354 e. The van der Waals surface area contributed by atoms with Gasteiger partial charge in [-0.05, 0) is 55.0 Å². The van der Waals surface area contributed by atoms with Crippen molar-refractivity contribution in [2.24, 2.45) is 0 Å². The van der Waals surface area contributed by atoms with Crippen molar-refractivity contribution in [2.45, 2.75) is 24.0 Å². The second kappa shape index (κ2) is 12.2. The first-order valence-electron chi connectivity index (χ1n) is 10.7. The highest BCUT2D eigenvalue weighted by Crippen LogP contribution is 2.30. The fourth-order valence-electron chi connectivity index (χ4n) is 3.18. The van der Waals surface area contributed by atoms with Gasteiger partial charge in [0.2, 0.25) is 5.91 Å². The number of nitrogens with one attached hydrogen (secondary N) is 1. The van der Waals surface area contributed by atoms with Gasteiger partial charge in [0.25, 0.3) is 10.0 Å². The Labute approximate surface area is 209 Å². The normalized spacial score (nSPS) is 11.3. The number of thioether (sulfide) groups is 1. The predicted octanol–water partition coefficient (Wildman–Crippen LogP) is 5.42. The monoisotopic (exact) mass is 520 g/mol. The van der Waals surface area contributed by atoms with E-state index in [1.807, 2.05) is 6.92 Å². The van der Waals surface area contributed by atoms with E-state index in [1.54, 1.807) is 66.4 Å². The highest BCUT2D eigenvalue weighted by Gasteiger charge is 2.28. The Balaban J connectivity index is 1.60. The van der Waals surface area contributed by atoms with E-state index in [2.05, 4.69) is 5.32 Å². The van der Waals surface area contributed by atoms with E-state index in [-0.39, 0.29) is 21.4 Å². The smallest absolute Gasteiger partial charge is 0.264 e. The Bertz CT molecular complexity index is 1220. The predicted molar refractivity (Wildman–Crippen MR) is 137 cm³/mol. The molecule has 0 bridgehead atoms. The van der Waals surface area contributed by atoms with Crippen LogP contribution in [0.4, 0.5) is 10.1 Å². The summed E-state index contributed by atoms with van der Waals surface area (Å²) in [5, 5.41) is 3.00. The van der Waals surface area contributed by atoms with Crippen LogP contribution in [0.5, 0.6) is 0 Å². The van der Waals surface area contributed by atoms with Crippen LogP contribution in [0.3, 0.4) is 0 Å². The van der Waals surface area contributed by atoms with Gasteiger partial charge >= 0.3 is 0 Å². The SMILES string of the molecule is Cc1ccc(S(=O)(=O)N(CC(=O)NCCCSCc2ccccc2F)c2ccccc2Cl)cc1. The zero-order chi connectivity index (χ0) is 24.6. The number of hydrogen-bond acceptors (Lipinski definition) is 4. The van der Waals surface area contributed by atoms with Crippen molar-refractivity contribution >= 4 is 45.0 Å². The Kier molecular flexibility index (Phi) is 9.38. The Hall–Kier alpha value is -2.55. The minimum absolute atomic E-state index is 0.0790. The maximum absolute atomic E-state index is 13.7. The summed E-state index contributed by atoms with van der Waals surface area (Å²) >= 11 is 7.85. The average molecular weight is 521 g/mol. The summed E-state index contributed by atoms with van der Waals surface area (Å²) < 4.78 is 41.4. The molecule has 0 heterocycles. The highest BCUT2D eigenvalue weighted by atomic mass is 35.5. The maximum atomic E-state index is 13.7. The highest BCUT2D eigenvalue weighted by molar-refractivity contribution is 7.98. The van der Waals surface area contributed by atoms with Gasteiger partial charge in [-0.25, -0.2) is 12.8 Å². The van der Waals surface area contributed by atoms with Crippen LogP contribution in [0.1, 0.15) is 17.5 Å². The third-order valence-electron chi connectivity index (χ3n) is 5.02. The van der Waals surface area contributed by atoms with Crippen LogP contribution in [0, 0.1) is 12.7 Å². The molecular formula is C25H26ClFN2O3S2. The van der Waals surface area contributed by atoms with Crippen molar-refractivity contribution in [3.8, 4) is 0 Å². The third kappa shape index (κ3) is 6.98. The summed E-state index contributed by atoms with van der Waals surface area (Å²) in [5.41, 5.74) is 1.81. The van der Waals surface area contributed by atoms with Crippen molar-refractivity contribution in [3.63, 3.8) is 0 Å². The summed E-state index contributed by atoms with van der Waals surface area (Å²) in [4.78, 5) is 12.7. The first-order chi connectivity index (χ1) is 16.3. The molecule has 5 nitrogen and oxygen atoms in total. The molecule has 0 spiro atoms. The van der Waals surface area contributed by atoms with Crippen molar-refractivity contribution < 1.29 is 17.6 Å². The molecule has 0 radical (unpaired) electrons. The second-order valence-corrected chi connectivity index (χ2v) is 11.0. The van der Waals surface area contributed by atoms with E-state index in [9.17, 15) is 17.6 Å². The molecule has 0 saturated heterocycles. The van der Waals surface area contributed by atoms with Crippen LogP contribution in [0.25, 0.3) is 0 Å². The van der Waals surface area contributed by atoms with Gasteiger partial charge in [-0.2, -0.15) is 11.8 Å². The van der Waals surface area contributed by atoms with Gasteiger partial charge < -0.3 is 5.32 Å². The van der Waals surface area contributed by atoms with Gasteiger partial charge in [0.05, 0.1) is 15.6 Å². The molecule has 1 amide bonds. The molecule has 3 rings (SSSR count). The molecule has 3 aromatic rings. The minimum Gasteiger partial charge on any atom is -0.354 e. The van der Waals surface area contributed by atoms with Crippen molar-refractivity contribution in [2.75, 3.05) is 23.1 Å². The van der Waals surface area contributed by atoms with E-state index in [0.717, 1.165) is 15.6 Å². The maximum Gasteiger partial charge on any atom is 0.264 e. The number of benzene rings is 3. The van der Waals surface area contributed by atoms with Crippen LogP contribution >= 0.6 is 23.4 Å². The van der Waals surface area contributed by atoms with Gasteiger partial charge in [-0.15, -0.1) is 0 Å². The minimum atomic E-state index is -4.01. The lowest BCUT2D eigenvalue weighted by Crippen LogP contribution is -2.41. The zero-order valence-corrected chi connectivity index (χ0v) is 21.1. The fraction of sp³-hybridized carbons (Fsp3) is 0.240. The number of hydrogen-bond donors (Lipinski definition) is 1. The number of carbonyl (C=O) groups is 1. The summed E-state index contributed by atoms with van der Waals surface area (Å²) in [6.45, 7) is 1.84. The molecule has 0 aliphatic rings. The summed E-state index contributed by atoms with van der Waals surface area (Å²) in [6, 6.07) is 19.6. The molecule has 0 fully saturated rings.